The summed E-state index contributed by atoms with van der Waals surface area (Å²) in [5.74, 6) is -1.36. The van der Waals surface area contributed by atoms with Crippen LogP contribution in [0.2, 0.25) is 0 Å². The molecule has 0 unspecified atom stereocenters. The van der Waals surface area contributed by atoms with Crippen molar-refractivity contribution >= 4 is 11.7 Å². The van der Waals surface area contributed by atoms with E-state index in [1.165, 1.54) is 22.9 Å². The Bertz CT molecular complexity index is 690. The third-order valence-corrected chi connectivity index (χ3v) is 3.78. The van der Waals surface area contributed by atoms with E-state index in [-0.39, 0.29) is 11.5 Å². The summed E-state index contributed by atoms with van der Waals surface area (Å²) in [7, 11) is 1.69. The third-order valence-electron chi connectivity index (χ3n) is 3.78. The minimum atomic E-state index is -1.07. The molecule has 0 saturated carbocycles. The van der Waals surface area contributed by atoms with E-state index in [0.717, 1.165) is 37.2 Å². The first kappa shape index (κ1) is 13.6. The summed E-state index contributed by atoms with van der Waals surface area (Å²) in [6.45, 7) is 1.78. The number of halogens is 1. The first-order chi connectivity index (χ1) is 10.1. The molecule has 0 bridgehead atoms. The minimum absolute atomic E-state index is 0.0100. The van der Waals surface area contributed by atoms with Crippen LogP contribution in [0.1, 0.15) is 23.3 Å². The summed E-state index contributed by atoms with van der Waals surface area (Å²) in [5, 5.41) is 13.0. The quantitative estimate of drug-likeness (QED) is 0.943. The highest BCUT2D eigenvalue weighted by Crippen LogP contribution is 2.33. The lowest BCUT2D eigenvalue weighted by molar-refractivity contribution is 0.0689. The molecule has 1 aromatic carbocycles. The van der Waals surface area contributed by atoms with E-state index >= 15 is 0 Å². The van der Waals surface area contributed by atoms with Gasteiger partial charge in [-0.15, -0.1) is 0 Å². The molecule has 1 aliphatic rings. The molecule has 0 aliphatic carbocycles. The number of hydrogen-bond donors (Lipinski definition) is 1. The fourth-order valence-electron chi connectivity index (χ4n) is 2.76. The van der Waals surface area contributed by atoms with Gasteiger partial charge in [0.2, 0.25) is 0 Å². The van der Waals surface area contributed by atoms with Gasteiger partial charge in [-0.05, 0) is 37.1 Å². The number of anilines is 1. The second-order valence-electron chi connectivity index (χ2n) is 5.20. The molecule has 1 N–H and O–H groups in total. The summed E-state index contributed by atoms with van der Waals surface area (Å²) >= 11 is 0. The molecule has 1 fully saturated rings. The molecule has 0 radical (unpaired) electrons. The summed E-state index contributed by atoms with van der Waals surface area (Å²) < 4.78 is 15.1. The summed E-state index contributed by atoms with van der Waals surface area (Å²) in [6.07, 6.45) is 2.17. The van der Waals surface area contributed by atoms with Gasteiger partial charge in [-0.3, -0.25) is 4.68 Å². The van der Waals surface area contributed by atoms with Gasteiger partial charge in [0.15, 0.2) is 5.69 Å². The van der Waals surface area contributed by atoms with Crippen molar-refractivity contribution in [1.29, 1.82) is 0 Å². The van der Waals surface area contributed by atoms with Gasteiger partial charge in [0.05, 0.1) is 5.69 Å². The number of benzene rings is 1. The molecule has 6 heteroatoms. The molecule has 2 aromatic rings. The van der Waals surface area contributed by atoms with Crippen molar-refractivity contribution < 1.29 is 14.3 Å². The number of carbonyl (C=O) groups is 1. The van der Waals surface area contributed by atoms with Gasteiger partial charge in [0.1, 0.15) is 5.82 Å². The van der Waals surface area contributed by atoms with Gasteiger partial charge in [-0.1, -0.05) is 0 Å². The molecule has 0 amide bonds. The number of aryl methyl sites for hydroxylation is 1. The van der Waals surface area contributed by atoms with Gasteiger partial charge in [-0.25, -0.2) is 9.18 Å². The standard InChI is InChI=1S/C15H16FN3O2/c1-18-13(9-12(17-18)15(20)21)11-5-4-10(16)8-14(11)19-6-2-3-7-19/h4-5,8-9H,2-3,6-7H2,1H3,(H,20,21). The Morgan fingerprint density at radius 1 is 1.29 bits per heavy atom. The molecule has 0 atom stereocenters. The average Bonchev–Trinajstić information content (AvgIpc) is 3.08. The topological polar surface area (TPSA) is 58.4 Å². The number of hydrogen-bond acceptors (Lipinski definition) is 3. The minimum Gasteiger partial charge on any atom is -0.476 e. The summed E-state index contributed by atoms with van der Waals surface area (Å²) in [5.41, 5.74) is 2.27. The van der Waals surface area contributed by atoms with Crippen LogP contribution in [0.3, 0.4) is 0 Å². The van der Waals surface area contributed by atoms with Crippen LogP contribution < -0.4 is 4.90 Å². The summed E-state index contributed by atoms with van der Waals surface area (Å²) in [4.78, 5) is 13.2. The molecule has 5 nitrogen and oxygen atoms in total. The normalized spacial score (nSPS) is 14.7. The average molecular weight is 289 g/mol. The van der Waals surface area contributed by atoms with E-state index in [1.54, 1.807) is 13.1 Å². The van der Waals surface area contributed by atoms with E-state index in [4.69, 9.17) is 5.11 Å². The molecular weight excluding hydrogens is 273 g/mol. The Balaban J connectivity index is 2.11. The fraction of sp³-hybridized carbons (Fsp3) is 0.333. The molecule has 1 aromatic heterocycles. The SMILES string of the molecule is Cn1nc(C(=O)O)cc1-c1ccc(F)cc1N1CCCC1. The van der Waals surface area contributed by atoms with Crippen molar-refractivity contribution in [3.05, 3.63) is 35.8 Å². The zero-order valence-electron chi connectivity index (χ0n) is 11.7. The van der Waals surface area contributed by atoms with E-state index in [0.29, 0.717) is 5.69 Å². The lowest BCUT2D eigenvalue weighted by Crippen LogP contribution is -2.19. The van der Waals surface area contributed by atoms with Crippen LogP contribution in [0.15, 0.2) is 24.3 Å². The van der Waals surface area contributed by atoms with Gasteiger partial charge in [0.25, 0.3) is 0 Å². The van der Waals surface area contributed by atoms with Crippen LogP contribution in [0.4, 0.5) is 10.1 Å². The van der Waals surface area contributed by atoms with Gasteiger partial charge < -0.3 is 10.0 Å². The van der Waals surface area contributed by atoms with Crippen molar-refractivity contribution in [3.63, 3.8) is 0 Å². The molecule has 0 spiro atoms. The Morgan fingerprint density at radius 3 is 2.62 bits per heavy atom. The predicted molar refractivity (Wildman–Crippen MR) is 77.0 cm³/mol. The highest BCUT2D eigenvalue weighted by molar-refractivity contribution is 5.88. The Kier molecular flexibility index (Phi) is 3.37. The van der Waals surface area contributed by atoms with Crippen LogP contribution in [-0.2, 0) is 7.05 Å². The molecule has 1 saturated heterocycles. The lowest BCUT2D eigenvalue weighted by atomic mass is 10.1. The third kappa shape index (κ3) is 2.49. The molecule has 2 heterocycles. The maximum absolute atomic E-state index is 13.6. The second kappa shape index (κ2) is 5.20. The van der Waals surface area contributed by atoms with Crippen molar-refractivity contribution in [3.8, 4) is 11.3 Å². The van der Waals surface area contributed by atoms with Gasteiger partial charge in [0, 0.05) is 31.4 Å². The first-order valence-corrected chi connectivity index (χ1v) is 6.88. The zero-order valence-corrected chi connectivity index (χ0v) is 11.7. The van der Waals surface area contributed by atoms with E-state index < -0.39 is 5.97 Å². The maximum atomic E-state index is 13.6. The molecule has 110 valence electrons. The lowest BCUT2D eigenvalue weighted by Gasteiger charge is -2.21. The molecule has 1 aliphatic heterocycles. The van der Waals surface area contributed by atoms with Crippen molar-refractivity contribution in [2.24, 2.45) is 7.05 Å². The number of carboxylic acids is 1. The largest absolute Gasteiger partial charge is 0.476 e. The van der Waals surface area contributed by atoms with Crippen LogP contribution in [0.5, 0.6) is 0 Å². The maximum Gasteiger partial charge on any atom is 0.356 e. The van der Waals surface area contributed by atoms with E-state index in [9.17, 15) is 9.18 Å². The second-order valence-corrected chi connectivity index (χ2v) is 5.20. The van der Waals surface area contributed by atoms with E-state index in [2.05, 4.69) is 10.00 Å². The number of rotatable bonds is 3. The Hall–Kier alpha value is -2.37. The first-order valence-electron chi connectivity index (χ1n) is 6.88. The van der Waals surface area contributed by atoms with Gasteiger partial charge in [-0.2, -0.15) is 5.10 Å². The molecule has 3 rings (SSSR count). The Labute approximate surface area is 121 Å². The highest BCUT2D eigenvalue weighted by atomic mass is 19.1. The van der Waals surface area contributed by atoms with Crippen LogP contribution in [0, 0.1) is 5.82 Å². The van der Waals surface area contributed by atoms with Gasteiger partial charge >= 0.3 is 5.97 Å². The monoisotopic (exact) mass is 289 g/mol. The number of nitrogens with zero attached hydrogens (tertiary/aromatic N) is 3. The predicted octanol–water partition coefficient (Wildman–Crippen LogP) is 2.52. The molecule has 21 heavy (non-hydrogen) atoms. The highest BCUT2D eigenvalue weighted by Gasteiger charge is 2.20. The molecular formula is C15H16FN3O2. The number of carboxylic acid groups (broad SMARTS) is 1. The van der Waals surface area contributed by atoms with E-state index in [1.807, 2.05) is 0 Å². The number of aromatic carboxylic acids is 1. The smallest absolute Gasteiger partial charge is 0.356 e. The summed E-state index contributed by atoms with van der Waals surface area (Å²) in [6, 6.07) is 6.11. The number of aromatic nitrogens is 2. The van der Waals surface area contributed by atoms with Crippen molar-refractivity contribution in [1.82, 2.24) is 9.78 Å². The fourth-order valence-corrected chi connectivity index (χ4v) is 2.76. The van der Waals surface area contributed by atoms with Crippen LogP contribution in [-0.4, -0.2) is 33.9 Å². The van der Waals surface area contributed by atoms with Crippen LogP contribution >= 0.6 is 0 Å². The van der Waals surface area contributed by atoms with Crippen molar-refractivity contribution in [2.45, 2.75) is 12.8 Å². The van der Waals surface area contributed by atoms with Crippen molar-refractivity contribution in [2.75, 3.05) is 18.0 Å². The Morgan fingerprint density at radius 2 is 2.00 bits per heavy atom. The zero-order chi connectivity index (χ0) is 15.0. The van der Waals surface area contributed by atoms with Crippen LogP contribution in [0.25, 0.3) is 11.3 Å².